The minimum absolute atomic E-state index is 0.0344. The average Bonchev–Trinajstić information content (AvgIpc) is 2.98. The molecule has 0 aliphatic rings. The molecule has 3 rings (SSSR count). The smallest absolute Gasteiger partial charge is 0.362 e. The number of anilines is 3. The number of alkyl halides is 3. The van der Waals surface area contributed by atoms with Crippen molar-refractivity contribution in [2.75, 3.05) is 24.3 Å². The van der Waals surface area contributed by atoms with Crippen molar-refractivity contribution in [3.63, 3.8) is 0 Å². The summed E-state index contributed by atoms with van der Waals surface area (Å²) in [6.45, 7) is 7.03. The lowest BCUT2D eigenvalue weighted by Gasteiger charge is -2.18. The zero-order valence-corrected chi connectivity index (χ0v) is 13.9. The van der Waals surface area contributed by atoms with Crippen molar-refractivity contribution in [2.24, 2.45) is 0 Å². The molecular formula is C16H14F3N7. The first kappa shape index (κ1) is 17.5. The lowest BCUT2D eigenvalue weighted by molar-refractivity contribution is -0.137. The van der Waals surface area contributed by atoms with Gasteiger partial charge in [0.2, 0.25) is 5.95 Å². The highest BCUT2D eigenvalue weighted by Crippen LogP contribution is 2.35. The van der Waals surface area contributed by atoms with Crippen molar-refractivity contribution < 1.29 is 13.2 Å². The third-order valence-corrected chi connectivity index (χ3v) is 3.64. The molecule has 1 N–H and O–H groups in total. The Kier molecular flexibility index (Phi) is 4.38. The van der Waals surface area contributed by atoms with E-state index >= 15 is 0 Å². The van der Waals surface area contributed by atoms with Gasteiger partial charge in [-0.25, -0.2) is 11.6 Å². The molecule has 26 heavy (non-hydrogen) atoms. The van der Waals surface area contributed by atoms with E-state index in [0.717, 1.165) is 11.7 Å². The normalized spacial score (nSPS) is 11.4. The largest absolute Gasteiger partial charge is 0.421 e. The van der Waals surface area contributed by atoms with E-state index in [2.05, 4.69) is 25.2 Å². The molecule has 2 aromatic heterocycles. The van der Waals surface area contributed by atoms with Crippen molar-refractivity contribution in [3.8, 4) is 0 Å². The van der Waals surface area contributed by atoms with E-state index in [1.807, 2.05) is 0 Å². The molecule has 10 heteroatoms. The van der Waals surface area contributed by atoms with Crippen molar-refractivity contribution in [2.45, 2.75) is 12.8 Å². The summed E-state index contributed by atoms with van der Waals surface area (Å²) < 4.78 is 40.8. The zero-order valence-electron chi connectivity index (χ0n) is 13.9. The first-order chi connectivity index (χ1) is 12.3. The van der Waals surface area contributed by atoms with E-state index in [0.29, 0.717) is 11.1 Å². The molecule has 3 aromatic rings. The molecule has 0 aliphatic heterocycles. The van der Waals surface area contributed by atoms with E-state index in [1.54, 1.807) is 24.4 Å². The van der Waals surface area contributed by atoms with Crippen LogP contribution in [-0.2, 0) is 12.8 Å². The summed E-state index contributed by atoms with van der Waals surface area (Å²) in [5.41, 5.74) is 0.407. The number of fused-ring (bicyclic) bond motifs is 1. The van der Waals surface area contributed by atoms with Gasteiger partial charge in [-0.3, -0.25) is 4.85 Å². The molecule has 0 atom stereocenters. The van der Waals surface area contributed by atoms with Crippen LogP contribution in [0.4, 0.5) is 30.6 Å². The van der Waals surface area contributed by atoms with Gasteiger partial charge in [-0.05, 0) is 12.1 Å². The quantitative estimate of drug-likeness (QED) is 0.721. The Labute approximate surface area is 146 Å². The Morgan fingerprint density at radius 3 is 2.69 bits per heavy atom. The van der Waals surface area contributed by atoms with Crippen LogP contribution in [0, 0.1) is 6.57 Å². The number of hydrogen-bond acceptors (Lipinski definition) is 5. The second-order valence-electron chi connectivity index (χ2n) is 5.63. The second kappa shape index (κ2) is 6.51. The van der Waals surface area contributed by atoms with Gasteiger partial charge < -0.3 is 10.2 Å². The molecule has 1 aromatic carbocycles. The number of benzene rings is 1. The molecular weight excluding hydrogens is 347 g/mol. The zero-order chi connectivity index (χ0) is 18.9. The molecule has 0 amide bonds. The molecule has 134 valence electrons. The fourth-order valence-electron chi connectivity index (χ4n) is 2.49. The summed E-state index contributed by atoms with van der Waals surface area (Å²) in [4.78, 5) is 12.4. The highest BCUT2D eigenvalue weighted by atomic mass is 19.4. The number of hydrogen-bond donors (Lipinski definition) is 1. The second-order valence-corrected chi connectivity index (χ2v) is 5.63. The summed E-state index contributed by atoms with van der Waals surface area (Å²) in [6, 6.07) is 5.30. The van der Waals surface area contributed by atoms with E-state index in [9.17, 15) is 13.2 Å². The van der Waals surface area contributed by atoms with Gasteiger partial charge in [-0.1, -0.05) is 6.07 Å². The van der Waals surface area contributed by atoms with Crippen LogP contribution in [-0.4, -0.2) is 33.8 Å². The van der Waals surface area contributed by atoms with E-state index in [4.69, 9.17) is 6.57 Å². The van der Waals surface area contributed by atoms with E-state index < -0.39 is 11.7 Å². The number of halogens is 3. The Hall–Kier alpha value is -3.35. The highest BCUT2D eigenvalue weighted by molar-refractivity contribution is 5.92. The fraction of sp³-hybridized carbons (Fsp3) is 0.250. The standard InChI is InChI=1S/C16H14F3N7/c1-20-9-26-13-6-4-5-12(10(13)7-22-26)23-15-21-8-11(16(17,18)19)14(24-15)25(2)3/h4-8H,9H2,2-3H3,(H,21,23,24). The van der Waals surface area contributed by atoms with Crippen LogP contribution in [0.3, 0.4) is 0 Å². The van der Waals surface area contributed by atoms with E-state index in [-0.39, 0.29) is 18.4 Å². The average molecular weight is 361 g/mol. The molecule has 0 radical (unpaired) electrons. The van der Waals surface area contributed by atoms with Crippen LogP contribution in [0.2, 0.25) is 0 Å². The maximum absolute atomic E-state index is 13.1. The Morgan fingerprint density at radius 2 is 2.04 bits per heavy atom. The summed E-state index contributed by atoms with van der Waals surface area (Å²) >= 11 is 0. The van der Waals surface area contributed by atoms with Crippen molar-refractivity contribution in [3.05, 3.63) is 47.6 Å². The van der Waals surface area contributed by atoms with Crippen LogP contribution in [0.1, 0.15) is 5.56 Å². The fourth-order valence-corrected chi connectivity index (χ4v) is 2.49. The van der Waals surface area contributed by atoms with Crippen LogP contribution in [0.5, 0.6) is 0 Å². The monoisotopic (exact) mass is 361 g/mol. The molecule has 0 bridgehead atoms. The molecule has 0 fully saturated rings. The minimum Gasteiger partial charge on any atom is -0.362 e. The first-order valence-corrected chi connectivity index (χ1v) is 7.47. The maximum Gasteiger partial charge on any atom is 0.421 e. The summed E-state index contributed by atoms with van der Waals surface area (Å²) in [6.07, 6.45) is -2.20. The third kappa shape index (κ3) is 3.23. The predicted molar refractivity (Wildman–Crippen MR) is 91.0 cm³/mol. The van der Waals surface area contributed by atoms with Crippen LogP contribution in [0.15, 0.2) is 30.6 Å². The number of nitrogens with zero attached hydrogens (tertiary/aromatic N) is 6. The van der Waals surface area contributed by atoms with E-state index in [1.165, 1.54) is 23.7 Å². The van der Waals surface area contributed by atoms with Gasteiger partial charge in [0.1, 0.15) is 11.4 Å². The van der Waals surface area contributed by atoms with Crippen molar-refractivity contribution in [1.29, 1.82) is 0 Å². The number of rotatable bonds is 4. The van der Waals surface area contributed by atoms with Gasteiger partial charge in [-0.15, -0.1) is 0 Å². The van der Waals surface area contributed by atoms with Crippen LogP contribution >= 0.6 is 0 Å². The van der Waals surface area contributed by atoms with Gasteiger partial charge in [-0.2, -0.15) is 27.9 Å². The molecule has 0 spiro atoms. The molecule has 0 saturated heterocycles. The number of nitrogens with one attached hydrogen (secondary N) is 1. The van der Waals surface area contributed by atoms with Gasteiger partial charge in [0.25, 0.3) is 0 Å². The third-order valence-electron chi connectivity index (χ3n) is 3.64. The Balaban J connectivity index is 2.01. The number of aromatic nitrogens is 4. The highest BCUT2D eigenvalue weighted by Gasteiger charge is 2.35. The van der Waals surface area contributed by atoms with Crippen LogP contribution in [0.25, 0.3) is 15.7 Å². The molecule has 2 heterocycles. The lowest BCUT2D eigenvalue weighted by atomic mass is 10.2. The van der Waals surface area contributed by atoms with Crippen molar-refractivity contribution >= 4 is 28.4 Å². The Morgan fingerprint density at radius 1 is 1.27 bits per heavy atom. The topological polar surface area (TPSA) is 63.2 Å². The van der Waals surface area contributed by atoms with Gasteiger partial charge in [0.05, 0.1) is 17.4 Å². The summed E-state index contributed by atoms with van der Waals surface area (Å²) in [7, 11) is 2.97. The van der Waals surface area contributed by atoms with Gasteiger partial charge in [0.15, 0.2) is 0 Å². The summed E-state index contributed by atoms with van der Waals surface area (Å²) in [5, 5.41) is 7.79. The molecule has 0 unspecified atom stereocenters. The SMILES string of the molecule is [C-]#[N+]Cn1ncc2c(Nc3ncc(C(F)(F)F)c(N(C)C)n3)cccc21. The first-order valence-electron chi connectivity index (χ1n) is 7.47. The summed E-state index contributed by atoms with van der Waals surface area (Å²) in [5.74, 6) is -0.196. The molecule has 0 aliphatic carbocycles. The molecule has 0 saturated carbocycles. The van der Waals surface area contributed by atoms with Gasteiger partial charge >= 0.3 is 12.8 Å². The Bertz CT molecular complexity index is 986. The maximum atomic E-state index is 13.1. The minimum atomic E-state index is -4.54. The molecule has 7 nitrogen and oxygen atoms in total. The predicted octanol–water partition coefficient (Wildman–Crippen LogP) is 3.53. The lowest BCUT2D eigenvalue weighted by Crippen LogP contribution is -2.19. The van der Waals surface area contributed by atoms with Crippen LogP contribution < -0.4 is 10.2 Å². The van der Waals surface area contributed by atoms with Gasteiger partial charge in [0, 0.05) is 25.7 Å². The van der Waals surface area contributed by atoms with Crippen molar-refractivity contribution in [1.82, 2.24) is 19.7 Å².